The van der Waals surface area contributed by atoms with Crippen LogP contribution in [0, 0.1) is 6.92 Å². The first kappa shape index (κ1) is 11.7. The predicted octanol–water partition coefficient (Wildman–Crippen LogP) is 3.07. The van der Waals surface area contributed by atoms with Gasteiger partial charge < -0.3 is 10.5 Å². The quantitative estimate of drug-likeness (QED) is 0.871. The fourth-order valence-corrected chi connectivity index (χ4v) is 1.85. The van der Waals surface area contributed by atoms with E-state index in [-0.39, 0.29) is 6.10 Å². The van der Waals surface area contributed by atoms with Gasteiger partial charge in [0.05, 0.1) is 0 Å². The first-order valence-corrected chi connectivity index (χ1v) is 5.78. The zero-order chi connectivity index (χ0) is 12.1. The topological polar surface area (TPSA) is 35.2 Å². The van der Waals surface area contributed by atoms with Crippen LogP contribution in [0.4, 0.5) is 0 Å². The standard InChI is InChI=1S/C15H17NO/c1-12-7-5-6-10-14(12)15(11-16)17-13-8-3-2-4-9-13/h2-10,15H,11,16H2,1H3. The van der Waals surface area contributed by atoms with Crippen molar-refractivity contribution in [3.05, 3.63) is 65.7 Å². The third kappa shape index (κ3) is 2.86. The van der Waals surface area contributed by atoms with E-state index in [1.54, 1.807) is 0 Å². The number of ether oxygens (including phenoxy) is 1. The van der Waals surface area contributed by atoms with Crippen LogP contribution in [0.1, 0.15) is 17.2 Å². The highest BCUT2D eigenvalue weighted by atomic mass is 16.5. The fraction of sp³-hybridized carbons (Fsp3) is 0.200. The molecule has 2 aromatic rings. The van der Waals surface area contributed by atoms with Crippen LogP contribution in [0.5, 0.6) is 5.75 Å². The third-order valence-corrected chi connectivity index (χ3v) is 2.77. The highest BCUT2D eigenvalue weighted by Crippen LogP contribution is 2.23. The fourth-order valence-electron chi connectivity index (χ4n) is 1.85. The van der Waals surface area contributed by atoms with Crippen LogP contribution < -0.4 is 10.5 Å². The molecule has 0 amide bonds. The SMILES string of the molecule is Cc1ccccc1C(CN)Oc1ccccc1. The van der Waals surface area contributed by atoms with Crippen molar-refractivity contribution in [2.45, 2.75) is 13.0 Å². The zero-order valence-corrected chi connectivity index (χ0v) is 9.97. The van der Waals surface area contributed by atoms with Crippen molar-refractivity contribution >= 4 is 0 Å². The first-order valence-electron chi connectivity index (χ1n) is 5.78. The normalized spacial score (nSPS) is 12.1. The van der Waals surface area contributed by atoms with Crippen molar-refractivity contribution in [3.63, 3.8) is 0 Å². The van der Waals surface area contributed by atoms with Crippen molar-refractivity contribution in [1.29, 1.82) is 0 Å². The van der Waals surface area contributed by atoms with Gasteiger partial charge in [-0.05, 0) is 30.2 Å². The van der Waals surface area contributed by atoms with Crippen molar-refractivity contribution in [1.82, 2.24) is 0 Å². The highest BCUT2D eigenvalue weighted by molar-refractivity contribution is 5.30. The number of aryl methyl sites for hydroxylation is 1. The molecule has 2 N–H and O–H groups in total. The largest absolute Gasteiger partial charge is 0.484 e. The van der Waals surface area contributed by atoms with E-state index in [9.17, 15) is 0 Å². The lowest BCUT2D eigenvalue weighted by Crippen LogP contribution is -2.19. The minimum Gasteiger partial charge on any atom is -0.484 e. The number of para-hydroxylation sites is 1. The summed E-state index contributed by atoms with van der Waals surface area (Å²) in [6.07, 6.45) is -0.0846. The molecule has 1 unspecified atom stereocenters. The molecule has 0 fully saturated rings. The monoisotopic (exact) mass is 227 g/mol. The number of benzene rings is 2. The molecule has 0 saturated heterocycles. The highest BCUT2D eigenvalue weighted by Gasteiger charge is 2.13. The molecule has 2 aromatic carbocycles. The Kier molecular flexibility index (Phi) is 3.78. The molecular weight excluding hydrogens is 210 g/mol. The van der Waals surface area contributed by atoms with Gasteiger partial charge in [-0.3, -0.25) is 0 Å². The lowest BCUT2D eigenvalue weighted by atomic mass is 10.0. The van der Waals surface area contributed by atoms with Crippen LogP contribution >= 0.6 is 0 Å². The molecule has 0 radical (unpaired) electrons. The lowest BCUT2D eigenvalue weighted by Gasteiger charge is -2.19. The number of nitrogens with two attached hydrogens (primary N) is 1. The van der Waals surface area contributed by atoms with Gasteiger partial charge in [-0.15, -0.1) is 0 Å². The van der Waals surface area contributed by atoms with E-state index in [2.05, 4.69) is 19.1 Å². The minimum atomic E-state index is -0.0846. The second kappa shape index (κ2) is 5.51. The number of hydrogen-bond donors (Lipinski definition) is 1. The van der Waals surface area contributed by atoms with Gasteiger partial charge in [0.1, 0.15) is 11.9 Å². The minimum absolute atomic E-state index is 0.0846. The maximum Gasteiger partial charge on any atom is 0.136 e. The molecule has 2 rings (SSSR count). The Morgan fingerprint density at radius 1 is 1.00 bits per heavy atom. The molecule has 88 valence electrons. The third-order valence-electron chi connectivity index (χ3n) is 2.77. The van der Waals surface area contributed by atoms with Crippen molar-refractivity contribution in [2.24, 2.45) is 5.73 Å². The molecule has 17 heavy (non-hydrogen) atoms. The van der Waals surface area contributed by atoms with Crippen LogP contribution in [-0.2, 0) is 0 Å². The van der Waals surface area contributed by atoms with Crippen molar-refractivity contribution in [2.75, 3.05) is 6.54 Å². The summed E-state index contributed by atoms with van der Waals surface area (Å²) >= 11 is 0. The van der Waals surface area contributed by atoms with Gasteiger partial charge in [0, 0.05) is 6.54 Å². The Labute approximate surface area is 102 Å². The molecule has 0 bridgehead atoms. The molecule has 0 heterocycles. The van der Waals surface area contributed by atoms with Gasteiger partial charge in [-0.25, -0.2) is 0 Å². The molecule has 2 nitrogen and oxygen atoms in total. The van der Waals surface area contributed by atoms with Crippen LogP contribution in [-0.4, -0.2) is 6.54 Å². The Bertz CT molecular complexity index is 467. The summed E-state index contributed by atoms with van der Waals surface area (Å²) in [7, 11) is 0. The molecule has 0 spiro atoms. The van der Waals surface area contributed by atoms with Crippen LogP contribution in [0.25, 0.3) is 0 Å². The van der Waals surface area contributed by atoms with Gasteiger partial charge in [0.15, 0.2) is 0 Å². The van der Waals surface area contributed by atoms with E-state index < -0.39 is 0 Å². The average molecular weight is 227 g/mol. The summed E-state index contributed by atoms with van der Waals surface area (Å²) in [6, 6.07) is 18.0. The van der Waals surface area contributed by atoms with Crippen LogP contribution in [0.2, 0.25) is 0 Å². The van der Waals surface area contributed by atoms with E-state index in [0.29, 0.717) is 6.54 Å². The average Bonchev–Trinajstić information content (AvgIpc) is 2.38. The molecular formula is C15H17NO. The summed E-state index contributed by atoms with van der Waals surface area (Å²) in [4.78, 5) is 0. The maximum absolute atomic E-state index is 5.91. The van der Waals surface area contributed by atoms with Gasteiger partial charge in [-0.2, -0.15) is 0 Å². The Balaban J connectivity index is 2.21. The summed E-state index contributed by atoms with van der Waals surface area (Å²) in [5, 5.41) is 0. The zero-order valence-electron chi connectivity index (χ0n) is 9.97. The van der Waals surface area contributed by atoms with Crippen LogP contribution in [0.3, 0.4) is 0 Å². The maximum atomic E-state index is 5.91. The molecule has 0 saturated carbocycles. The molecule has 0 aliphatic heterocycles. The van der Waals surface area contributed by atoms with Gasteiger partial charge in [0.25, 0.3) is 0 Å². The molecule has 1 atom stereocenters. The molecule has 0 aliphatic rings. The summed E-state index contributed by atoms with van der Waals surface area (Å²) < 4.78 is 5.91. The van der Waals surface area contributed by atoms with E-state index in [4.69, 9.17) is 10.5 Å². The van der Waals surface area contributed by atoms with Gasteiger partial charge in [-0.1, -0.05) is 42.5 Å². The van der Waals surface area contributed by atoms with E-state index >= 15 is 0 Å². The Morgan fingerprint density at radius 2 is 1.65 bits per heavy atom. The smallest absolute Gasteiger partial charge is 0.136 e. The van der Waals surface area contributed by atoms with E-state index in [1.165, 1.54) is 5.56 Å². The summed E-state index contributed by atoms with van der Waals surface area (Å²) in [6.45, 7) is 2.55. The second-order valence-electron chi connectivity index (χ2n) is 4.01. The summed E-state index contributed by atoms with van der Waals surface area (Å²) in [5.41, 5.74) is 8.16. The lowest BCUT2D eigenvalue weighted by molar-refractivity contribution is 0.213. The molecule has 0 aromatic heterocycles. The Morgan fingerprint density at radius 3 is 2.29 bits per heavy atom. The van der Waals surface area contributed by atoms with Crippen LogP contribution in [0.15, 0.2) is 54.6 Å². The first-order chi connectivity index (χ1) is 8.31. The summed E-state index contributed by atoms with van der Waals surface area (Å²) in [5.74, 6) is 0.853. The second-order valence-corrected chi connectivity index (χ2v) is 4.01. The van der Waals surface area contributed by atoms with Gasteiger partial charge in [0.2, 0.25) is 0 Å². The van der Waals surface area contributed by atoms with Crippen molar-refractivity contribution in [3.8, 4) is 5.75 Å². The van der Waals surface area contributed by atoms with E-state index in [1.807, 2.05) is 42.5 Å². The molecule has 0 aliphatic carbocycles. The predicted molar refractivity (Wildman–Crippen MR) is 70.0 cm³/mol. The Hall–Kier alpha value is -1.80. The van der Waals surface area contributed by atoms with Crippen molar-refractivity contribution < 1.29 is 4.74 Å². The number of rotatable bonds is 4. The number of hydrogen-bond acceptors (Lipinski definition) is 2. The molecule has 2 heteroatoms. The van der Waals surface area contributed by atoms with Gasteiger partial charge >= 0.3 is 0 Å². The van der Waals surface area contributed by atoms with E-state index in [0.717, 1.165) is 11.3 Å².